The van der Waals surface area contributed by atoms with E-state index in [0.717, 1.165) is 49.0 Å². The van der Waals surface area contributed by atoms with Crippen LogP contribution < -0.4 is 10.5 Å². The van der Waals surface area contributed by atoms with Gasteiger partial charge in [-0.05, 0) is 54.5 Å². The number of hydrogen-bond acceptors (Lipinski definition) is 5. The van der Waals surface area contributed by atoms with Gasteiger partial charge in [-0.1, -0.05) is 24.3 Å². The molecule has 5 rings (SSSR count). The van der Waals surface area contributed by atoms with Gasteiger partial charge in [0.2, 0.25) is 0 Å². The molecule has 0 spiro atoms. The van der Waals surface area contributed by atoms with E-state index < -0.39 is 0 Å². The maximum absolute atomic E-state index is 7.60. The van der Waals surface area contributed by atoms with Crippen LogP contribution in [0.25, 0.3) is 16.5 Å². The minimum Gasteiger partial charge on any atom is -0.496 e. The summed E-state index contributed by atoms with van der Waals surface area (Å²) in [5, 5.41) is 8.85. The Morgan fingerprint density at radius 1 is 1.21 bits per heavy atom. The molecule has 3 aromatic rings. The molecule has 0 bridgehead atoms. The molecule has 1 saturated carbocycles. The van der Waals surface area contributed by atoms with Crippen LogP contribution in [0.3, 0.4) is 0 Å². The van der Waals surface area contributed by atoms with Crippen LogP contribution >= 0.6 is 0 Å². The van der Waals surface area contributed by atoms with E-state index >= 15 is 0 Å². The molecule has 2 aromatic carbocycles. The summed E-state index contributed by atoms with van der Waals surface area (Å²) in [6, 6.07) is 13.2. The van der Waals surface area contributed by atoms with E-state index in [1.54, 1.807) is 7.11 Å². The van der Waals surface area contributed by atoms with Crippen molar-refractivity contribution in [1.82, 2.24) is 14.8 Å². The zero-order chi connectivity index (χ0) is 23.7. The SMILES string of the molecule is COc1cc(C)c2[nH]ccc2c1CN1CCN(CC2CC2)C[C@H]1c1ccc(/C(C=N)=C/N)cc1. The quantitative estimate of drug-likeness (QED) is 0.428. The third-order valence-electron chi connectivity index (χ3n) is 7.45. The van der Waals surface area contributed by atoms with Crippen LogP contribution in [-0.2, 0) is 6.54 Å². The van der Waals surface area contributed by atoms with Crippen molar-refractivity contribution in [1.29, 1.82) is 5.41 Å². The predicted octanol–water partition coefficient (Wildman–Crippen LogP) is 4.70. The number of nitrogens with zero attached hydrogens (tertiary/aromatic N) is 2. The number of benzene rings is 2. The summed E-state index contributed by atoms with van der Waals surface area (Å²) < 4.78 is 5.84. The van der Waals surface area contributed by atoms with E-state index in [1.807, 2.05) is 6.20 Å². The van der Waals surface area contributed by atoms with E-state index in [9.17, 15) is 0 Å². The number of hydrogen-bond donors (Lipinski definition) is 3. The normalized spacial score (nSPS) is 20.1. The molecule has 2 heterocycles. The first-order valence-electron chi connectivity index (χ1n) is 12.2. The molecule has 0 radical (unpaired) electrons. The van der Waals surface area contributed by atoms with Gasteiger partial charge in [-0.2, -0.15) is 0 Å². The Bertz CT molecular complexity index is 1190. The zero-order valence-electron chi connectivity index (χ0n) is 20.2. The third kappa shape index (κ3) is 4.48. The maximum Gasteiger partial charge on any atom is 0.124 e. The van der Waals surface area contributed by atoms with Gasteiger partial charge in [-0.25, -0.2) is 0 Å². The Kier molecular flexibility index (Phi) is 6.44. The van der Waals surface area contributed by atoms with E-state index in [-0.39, 0.29) is 0 Å². The number of piperazine rings is 1. The van der Waals surface area contributed by atoms with Crippen LogP contribution in [-0.4, -0.2) is 54.3 Å². The van der Waals surface area contributed by atoms with E-state index in [1.165, 1.54) is 59.4 Å². The molecule has 178 valence electrons. The van der Waals surface area contributed by atoms with Gasteiger partial charge in [-0.15, -0.1) is 0 Å². The predicted molar refractivity (Wildman–Crippen MR) is 139 cm³/mol. The molecule has 1 aromatic heterocycles. The molecule has 2 fully saturated rings. The first kappa shape index (κ1) is 22.7. The average molecular weight is 458 g/mol. The van der Waals surface area contributed by atoms with Crippen molar-refractivity contribution in [3.8, 4) is 5.75 Å². The molecule has 0 amide bonds. The van der Waals surface area contributed by atoms with Crippen LogP contribution in [0.15, 0.2) is 48.8 Å². The highest BCUT2D eigenvalue weighted by atomic mass is 16.5. The summed E-state index contributed by atoms with van der Waals surface area (Å²) in [5.74, 6) is 1.85. The highest BCUT2D eigenvalue weighted by Crippen LogP contribution is 2.36. The lowest BCUT2D eigenvalue weighted by atomic mass is 9.97. The topological polar surface area (TPSA) is 81.4 Å². The second kappa shape index (κ2) is 9.65. The molecule has 0 unspecified atom stereocenters. The number of rotatable bonds is 8. The number of fused-ring (bicyclic) bond motifs is 1. The standard InChI is InChI=1S/C28H35N5O/c1-19-13-27(34-2)25(24-9-10-31-28(19)24)17-33-12-11-32(16-20-3-4-20)18-26(33)22-7-5-21(6-8-22)23(14-29)15-30/h5-10,13-15,20,26,29,31H,3-4,11-12,16-18,30H2,1-2H3/b23-15+,29-14?/t26-/m0/s1. The zero-order valence-corrected chi connectivity index (χ0v) is 20.2. The first-order chi connectivity index (χ1) is 16.6. The number of methoxy groups -OCH3 is 1. The van der Waals surface area contributed by atoms with Crippen LogP contribution in [0, 0.1) is 18.3 Å². The van der Waals surface area contributed by atoms with Crippen molar-refractivity contribution >= 4 is 22.7 Å². The van der Waals surface area contributed by atoms with Crippen molar-refractivity contribution in [2.24, 2.45) is 11.7 Å². The van der Waals surface area contributed by atoms with Crippen LogP contribution in [0.1, 0.15) is 41.1 Å². The monoisotopic (exact) mass is 457 g/mol. The molecule has 6 nitrogen and oxygen atoms in total. The number of aryl methyl sites for hydroxylation is 1. The Morgan fingerprint density at radius 3 is 2.68 bits per heavy atom. The summed E-state index contributed by atoms with van der Waals surface area (Å²) in [6.07, 6.45) is 7.59. The fourth-order valence-electron chi connectivity index (χ4n) is 5.32. The van der Waals surface area contributed by atoms with Crippen LogP contribution in [0.2, 0.25) is 0 Å². The molecule has 1 aliphatic heterocycles. The molecule has 2 aliphatic rings. The summed E-state index contributed by atoms with van der Waals surface area (Å²) in [6.45, 7) is 7.34. The minimum absolute atomic E-state index is 0.298. The molecule has 1 saturated heterocycles. The van der Waals surface area contributed by atoms with Gasteiger partial charge in [0.1, 0.15) is 5.75 Å². The number of nitrogens with two attached hydrogens (primary N) is 1. The van der Waals surface area contributed by atoms with Crippen LogP contribution in [0.4, 0.5) is 0 Å². The van der Waals surface area contributed by atoms with Gasteiger partial charge in [0.05, 0.1) is 7.11 Å². The summed E-state index contributed by atoms with van der Waals surface area (Å²) >= 11 is 0. The fraction of sp³-hybridized carbons (Fsp3) is 0.393. The Hall–Kier alpha value is -3.09. The van der Waals surface area contributed by atoms with Gasteiger partial charge >= 0.3 is 0 Å². The van der Waals surface area contributed by atoms with Crippen molar-refractivity contribution in [3.63, 3.8) is 0 Å². The highest BCUT2D eigenvalue weighted by Gasteiger charge is 2.32. The lowest BCUT2D eigenvalue weighted by Crippen LogP contribution is -2.48. The number of allylic oxidation sites excluding steroid dienone is 1. The summed E-state index contributed by atoms with van der Waals surface area (Å²) in [4.78, 5) is 8.66. The summed E-state index contributed by atoms with van der Waals surface area (Å²) in [7, 11) is 1.77. The van der Waals surface area contributed by atoms with Gasteiger partial charge in [0.25, 0.3) is 0 Å². The first-order valence-corrected chi connectivity index (χ1v) is 12.2. The van der Waals surface area contributed by atoms with Gasteiger partial charge in [-0.3, -0.25) is 9.80 Å². The maximum atomic E-state index is 7.60. The van der Waals surface area contributed by atoms with Crippen molar-refractivity contribution in [3.05, 3.63) is 71.0 Å². The largest absolute Gasteiger partial charge is 0.496 e. The van der Waals surface area contributed by atoms with Gasteiger partial charge in [0.15, 0.2) is 0 Å². The number of ether oxygens (including phenoxy) is 1. The van der Waals surface area contributed by atoms with E-state index in [2.05, 4.69) is 58.1 Å². The van der Waals surface area contributed by atoms with Gasteiger partial charge in [0, 0.05) is 79.4 Å². The second-order valence-electron chi connectivity index (χ2n) is 9.72. The lowest BCUT2D eigenvalue weighted by Gasteiger charge is -2.42. The third-order valence-corrected chi connectivity index (χ3v) is 7.45. The lowest BCUT2D eigenvalue weighted by molar-refractivity contribution is 0.0650. The van der Waals surface area contributed by atoms with Crippen LogP contribution in [0.5, 0.6) is 5.75 Å². The number of nitrogens with one attached hydrogen (secondary N) is 2. The van der Waals surface area contributed by atoms with E-state index in [0.29, 0.717) is 6.04 Å². The Morgan fingerprint density at radius 2 is 2.00 bits per heavy atom. The van der Waals surface area contributed by atoms with E-state index in [4.69, 9.17) is 15.9 Å². The van der Waals surface area contributed by atoms with Crippen molar-refractivity contribution in [2.75, 3.05) is 33.3 Å². The van der Waals surface area contributed by atoms with Crippen molar-refractivity contribution in [2.45, 2.75) is 32.4 Å². The number of aromatic amines is 1. The molecule has 4 N–H and O–H groups in total. The number of H-pyrrole nitrogens is 1. The van der Waals surface area contributed by atoms with Gasteiger partial charge < -0.3 is 20.9 Å². The number of aromatic nitrogens is 1. The summed E-state index contributed by atoms with van der Waals surface area (Å²) in [5.41, 5.74) is 12.4. The Labute approximate surface area is 201 Å². The highest BCUT2D eigenvalue weighted by molar-refractivity contribution is 6.08. The minimum atomic E-state index is 0.298. The average Bonchev–Trinajstić information content (AvgIpc) is 3.53. The molecule has 34 heavy (non-hydrogen) atoms. The second-order valence-corrected chi connectivity index (χ2v) is 9.72. The van der Waals surface area contributed by atoms with Crippen molar-refractivity contribution < 1.29 is 4.74 Å². The molecular formula is C28H35N5O. The molecule has 1 aliphatic carbocycles. The molecule has 6 heteroatoms. The smallest absolute Gasteiger partial charge is 0.124 e. The molecular weight excluding hydrogens is 422 g/mol. The fourth-order valence-corrected chi connectivity index (χ4v) is 5.32. The Balaban J connectivity index is 1.47. The molecule has 1 atom stereocenters.